The van der Waals surface area contributed by atoms with E-state index in [-0.39, 0.29) is 5.69 Å². The first-order valence-electron chi connectivity index (χ1n) is 5.92. The molecule has 0 bridgehead atoms. The molecule has 6 heteroatoms. The first kappa shape index (κ1) is 12.3. The Balaban J connectivity index is 2.30. The zero-order valence-corrected chi connectivity index (χ0v) is 10.2. The van der Waals surface area contributed by atoms with Crippen molar-refractivity contribution in [2.45, 2.75) is 13.3 Å². The highest BCUT2D eigenvalue weighted by molar-refractivity contribution is 6.00. The van der Waals surface area contributed by atoms with Gasteiger partial charge in [0, 0.05) is 18.2 Å². The van der Waals surface area contributed by atoms with Crippen LogP contribution in [0.5, 0.6) is 5.75 Å². The molecule has 0 saturated heterocycles. The first-order chi connectivity index (χ1) is 8.72. The van der Waals surface area contributed by atoms with Gasteiger partial charge in [-0.05, 0) is 18.6 Å². The van der Waals surface area contributed by atoms with Gasteiger partial charge >= 0.3 is 5.69 Å². The van der Waals surface area contributed by atoms with Crippen LogP contribution in [0.15, 0.2) is 23.2 Å². The van der Waals surface area contributed by atoms with Crippen molar-refractivity contribution in [1.29, 1.82) is 0 Å². The second-order valence-corrected chi connectivity index (χ2v) is 3.95. The smallest absolute Gasteiger partial charge is 0.311 e. The summed E-state index contributed by atoms with van der Waals surface area (Å²) in [5.41, 5.74) is 0.709. The Morgan fingerprint density at radius 2 is 2.39 bits per heavy atom. The van der Waals surface area contributed by atoms with Crippen molar-refractivity contribution in [2.75, 3.05) is 19.7 Å². The molecule has 0 spiro atoms. The van der Waals surface area contributed by atoms with E-state index in [1.807, 2.05) is 6.92 Å². The van der Waals surface area contributed by atoms with E-state index in [0.29, 0.717) is 24.7 Å². The highest BCUT2D eigenvalue weighted by Gasteiger charge is 2.18. The molecule has 18 heavy (non-hydrogen) atoms. The van der Waals surface area contributed by atoms with Crippen LogP contribution in [0, 0.1) is 10.1 Å². The quantitative estimate of drug-likeness (QED) is 0.637. The molecule has 0 aromatic heterocycles. The van der Waals surface area contributed by atoms with Crippen molar-refractivity contribution < 1.29 is 9.66 Å². The van der Waals surface area contributed by atoms with Gasteiger partial charge in [-0.25, -0.2) is 0 Å². The average Bonchev–Trinajstić information content (AvgIpc) is 2.90. The summed E-state index contributed by atoms with van der Waals surface area (Å²) in [5.74, 6) is 1.02. The number of nitrogens with one attached hydrogen (secondary N) is 1. The molecule has 1 aliphatic heterocycles. The molecule has 2 rings (SSSR count). The third-order valence-corrected chi connectivity index (χ3v) is 2.56. The Hall–Kier alpha value is -2.11. The van der Waals surface area contributed by atoms with Crippen molar-refractivity contribution in [1.82, 2.24) is 5.32 Å². The SMILES string of the molecule is CCCOc1ccc(C2=NCCN2)cc1[N+](=O)[O-]. The molecular formula is C12H15N3O3. The lowest BCUT2D eigenvalue weighted by Crippen LogP contribution is -2.19. The molecule has 0 atom stereocenters. The largest absolute Gasteiger partial charge is 0.487 e. The normalized spacial score (nSPS) is 13.9. The van der Waals surface area contributed by atoms with Crippen molar-refractivity contribution in [3.05, 3.63) is 33.9 Å². The van der Waals surface area contributed by atoms with Gasteiger partial charge < -0.3 is 10.1 Å². The van der Waals surface area contributed by atoms with Crippen LogP contribution in [0.3, 0.4) is 0 Å². The summed E-state index contributed by atoms with van der Waals surface area (Å²) in [6.07, 6.45) is 0.813. The monoisotopic (exact) mass is 249 g/mol. The van der Waals surface area contributed by atoms with Gasteiger partial charge in [0.2, 0.25) is 0 Å². The highest BCUT2D eigenvalue weighted by atomic mass is 16.6. The number of aliphatic imine (C=N–C) groups is 1. The molecule has 1 aromatic rings. The fourth-order valence-corrected chi connectivity index (χ4v) is 1.73. The van der Waals surface area contributed by atoms with Crippen LogP contribution in [0.1, 0.15) is 18.9 Å². The summed E-state index contributed by atoms with van der Waals surface area (Å²) < 4.78 is 5.36. The number of nitro benzene ring substituents is 1. The predicted octanol–water partition coefficient (Wildman–Crippen LogP) is 1.73. The van der Waals surface area contributed by atoms with E-state index >= 15 is 0 Å². The lowest BCUT2D eigenvalue weighted by molar-refractivity contribution is -0.385. The minimum absolute atomic E-state index is 0.0163. The fraction of sp³-hybridized carbons (Fsp3) is 0.417. The molecule has 0 radical (unpaired) electrons. The third-order valence-electron chi connectivity index (χ3n) is 2.56. The molecular weight excluding hydrogens is 234 g/mol. The number of hydrogen-bond donors (Lipinski definition) is 1. The lowest BCUT2D eigenvalue weighted by Gasteiger charge is -2.07. The van der Waals surface area contributed by atoms with Gasteiger partial charge in [-0.15, -0.1) is 0 Å². The molecule has 6 nitrogen and oxygen atoms in total. The van der Waals surface area contributed by atoms with Crippen LogP contribution < -0.4 is 10.1 Å². The van der Waals surface area contributed by atoms with E-state index in [0.717, 1.165) is 18.5 Å². The summed E-state index contributed by atoms with van der Waals surface area (Å²) in [6.45, 7) is 3.91. The Kier molecular flexibility index (Phi) is 3.76. The van der Waals surface area contributed by atoms with Crippen LogP contribution in [-0.4, -0.2) is 30.5 Å². The number of benzene rings is 1. The molecule has 1 aromatic carbocycles. The molecule has 1 heterocycles. The number of nitrogens with zero attached hydrogens (tertiary/aromatic N) is 2. The number of nitro groups is 1. The summed E-state index contributed by atoms with van der Waals surface area (Å²) in [4.78, 5) is 14.8. The highest BCUT2D eigenvalue weighted by Crippen LogP contribution is 2.28. The van der Waals surface area contributed by atoms with Crippen LogP contribution in [-0.2, 0) is 0 Å². The number of rotatable bonds is 5. The average molecular weight is 249 g/mol. The Morgan fingerprint density at radius 3 is 3.00 bits per heavy atom. The van der Waals surface area contributed by atoms with Gasteiger partial charge in [-0.2, -0.15) is 0 Å². The number of ether oxygens (including phenoxy) is 1. The van der Waals surface area contributed by atoms with Gasteiger partial charge in [0.05, 0.1) is 18.1 Å². The Morgan fingerprint density at radius 1 is 1.56 bits per heavy atom. The van der Waals surface area contributed by atoms with E-state index < -0.39 is 4.92 Å². The molecule has 0 fully saturated rings. The Labute approximate surface area is 105 Å². The summed E-state index contributed by atoms with van der Waals surface area (Å²) in [7, 11) is 0. The van der Waals surface area contributed by atoms with E-state index in [4.69, 9.17) is 4.74 Å². The van der Waals surface area contributed by atoms with Crippen molar-refractivity contribution in [3.8, 4) is 5.75 Å². The van der Waals surface area contributed by atoms with Crippen LogP contribution in [0.4, 0.5) is 5.69 Å². The minimum Gasteiger partial charge on any atom is -0.487 e. The van der Waals surface area contributed by atoms with Gasteiger partial charge in [0.1, 0.15) is 5.84 Å². The summed E-state index contributed by atoms with van der Waals surface area (Å²) in [6, 6.07) is 4.92. The maximum Gasteiger partial charge on any atom is 0.311 e. The Bertz CT molecular complexity index is 485. The van der Waals surface area contributed by atoms with Crippen LogP contribution in [0.25, 0.3) is 0 Å². The van der Waals surface area contributed by atoms with Crippen LogP contribution in [0.2, 0.25) is 0 Å². The maximum atomic E-state index is 11.0. The number of hydrogen-bond acceptors (Lipinski definition) is 5. The second kappa shape index (κ2) is 5.48. The standard InChI is InChI=1S/C12H15N3O3/c1-2-7-18-11-4-3-9(8-10(11)15(16)17)12-13-5-6-14-12/h3-4,8H,2,5-7H2,1H3,(H,13,14). The van der Waals surface area contributed by atoms with Crippen molar-refractivity contribution >= 4 is 11.5 Å². The number of amidine groups is 1. The molecule has 0 amide bonds. The van der Waals surface area contributed by atoms with E-state index in [1.54, 1.807) is 12.1 Å². The molecule has 0 saturated carbocycles. The van der Waals surface area contributed by atoms with Crippen molar-refractivity contribution in [3.63, 3.8) is 0 Å². The molecule has 96 valence electrons. The molecule has 0 aliphatic carbocycles. The minimum atomic E-state index is -0.427. The van der Waals surface area contributed by atoms with Gasteiger partial charge in [0.25, 0.3) is 0 Å². The molecule has 0 unspecified atom stereocenters. The van der Waals surface area contributed by atoms with Crippen LogP contribution >= 0.6 is 0 Å². The lowest BCUT2D eigenvalue weighted by atomic mass is 10.1. The summed E-state index contributed by atoms with van der Waals surface area (Å²) >= 11 is 0. The third kappa shape index (κ3) is 2.58. The van der Waals surface area contributed by atoms with Gasteiger partial charge in [-0.3, -0.25) is 15.1 Å². The fourth-order valence-electron chi connectivity index (χ4n) is 1.73. The summed E-state index contributed by atoms with van der Waals surface area (Å²) in [5, 5.41) is 14.1. The van der Waals surface area contributed by atoms with E-state index in [9.17, 15) is 10.1 Å². The first-order valence-corrected chi connectivity index (χ1v) is 5.92. The maximum absolute atomic E-state index is 11.0. The molecule has 1 aliphatic rings. The van der Waals surface area contributed by atoms with Gasteiger partial charge in [0.15, 0.2) is 5.75 Å². The van der Waals surface area contributed by atoms with Gasteiger partial charge in [-0.1, -0.05) is 6.92 Å². The van der Waals surface area contributed by atoms with E-state index in [1.165, 1.54) is 6.07 Å². The topological polar surface area (TPSA) is 76.8 Å². The molecule has 1 N–H and O–H groups in total. The van der Waals surface area contributed by atoms with Crippen molar-refractivity contribution in [2.24, 2.45) is 4.99 Å². The zero-order valence-electron chi connectivity index (χ0n) is 10.2. The second-order valence-electron chi connectivity index (χ2n) is 3.95. The van der Waals surface area contributed by atoms with E-state index in [2.05, 4.69) is 10.3 Å². The predicted molar refractivity (Wildman–Crippen MR) is 68.3 cm³/mol. The zero-order chi connectivity index (χ0) is 13.0.